The van der Waals surface area contributed by atoms with Crippen molar-refractivity contribution in [3.05, 3.63) is 39.2 Å². The number of hydrogen-bond acceptors (Lipinski definition) is 5. The molecule has 0 spiro atoms. The van der Waals surface area contributed by atoms with Crippen LogP contribution in [0.3, 0.4) is 0 Å². The van der Waals surface area contributed by atoms with Crippen LogP contribution >= 0.6 is 8.15 Å². The lowest BCUT2D eigenvalue weighted by Gasteiger charge is -2.37. The van der Waals surface area contributed by atoms with Gasteiger partial charge in [-0.15, -0.1) is 0 Å². The molecule has 0 saturated heterocycles. The van der Waals surface area contributed by atoms with Gasteiger partial charge < -0.3 is 14.2 Å². The molecule has 0 radical (unpaired) electrons. The van der Waals surface area contributed by atoms with Crippen molar-refractivity contribution in [1.82, 2.24) is 0 Å². The molecule has 6 heteroatoms. The molecule has 0 amide bonds. The molecular formula is C17H18NO4P. The summed E-state index contributed by atoms with van der Waals surface area (Å²) >= 11 is 0. The van der Waals surface area contributed by atoms with Crippen molar-refractivity contribution in [2.75, 3.05) is 24.7 Å². The Morgan fingerprint density at radius 3 is 2.74 bits per heavy atom. The lowest BCUT2D eigenvalue weighted by molar-refractivity contribution is 0.107. The van der Waals surface area contributed by atoms with Gasteiger partial charge in [0.25, 0.3) is 0 Å². The average molecular weight is 331 g/mol. The van der Waals surface area contributed by atoms with Gasteiger partial charge in [-0.2, -0.15) is 0 Å². The van der Waals surface area contributed by atoms with Gasteiger partial charge in [-0.25, -0.2) is 4.79 Å². The Hall–Kier alpha value is -1.71. The first-order valence-electron chi connectivity index (χ1n) is 7.91. The highest BCUT2D eigenvalue weighted by atomic mass is 31.1. The van der Waals surface area contributed by atoms with Crippen LogP contribution in [0.25, 0.3) is 11.0 Å². The van der Waals surface area contributed by atoms with Crippen molar-refractivity contribution in [3.63, 3.8) is 0 Å². The van der Waals surface area contributed by atoms with Crippen LogP contribution in [0.4, 0.5) is 5.69 Å². The average Bonchev–Trinajstić information content (AvgIpc) is 2.55. The number of hydrogen-bond donors (Lipinski definition) is 1. The van der Waals surface area contributed by atoms with Gasteiger partial charge in [0, 0.05) is 29.7 Å². The number of benzene rings is 1. The van der Waals surface area contributed by atoms with E-state index in [1.54, 1.807) is 6.07 Å². The highest BCUT2D eigenvalue weighted by Gasteiger charge is 2.28. The molecule has 1 aromatic carbocycles. The van der Waals surface area contributed by atoms with Gasteiger partial charge in [0.05, 0.1) is 8.15 Å². The zero-order valence-corrected chi connectivity index (χ0v) is 13.9. The third-order valence-corrected chi connectivity index (χ3v) is 5.57. The van der Waals surface area contributed by atoms with Crippen LogP contribution in [0.1, 0.15) is 34.3 Å². The van der Waals surface area contributed by atoms with E-state index in [1.807, 2.05) is 6.07 Å². The van der Waals surface area contributed by atoms with Gasteiger partial charge in [-0.1, -0.05) is 0 Å². The first kappa shape index (κ1) is 14.9. The number of nitrogens with zero attached hydrogens (tertiary/aromatic N) is 1. The van der Waals surface area contributed by atoms with Crippen LogP contribution in [0.5, 0.6) is 0 Å². The fraction of sp³-hybridized carbons (Fsp3) is 0.412. The van der Waals surface area contributed by atoms with Crippen LogP contribution < -0.4 is 10.5 Å². The standard InChI is InChI=1S/C17H18NO4P/c1-23(21)17(20)13-9-11-8-10-4-2-6-18-7-3-5-12(14(10)18)15(11)22-16(13)19/h8-9,21H,2-7H2,1H3. The number of anilines is 1. The predicted octanol–water partition coefficient (Wildman–Crippen LogP) is 2.65. The smallest absolute Gasteiger partial charge is 0.347 e. The summed E-state index contributed by atoms with van der Waals surface area (Å²) in [5, 5.41) is 0.794. The molecule has 2 aliphatic rings. The summed E-state index contributed by atoms with van der Waals surface area (Å²) < 4.78 is 5.53. The molecule has 1 aromatic heterocycles. The van der Waals surface area contributed by atoms with Crippen molar-refractivity contribution in [1.29, 1.82) is 0 Å². The Labute approximate surface area is 134 Å². The van der Waals surface area contributed by atoms with E-state index >= 15 is 0 Å². The zero-order valence-electron chi connectivity index (χ0n) is 13.0. The zero-order chi connectivity index (χ0) is 16.1. The minimum Gasteiger partial charge on any atom is -0.422 e. The predicted molar refractivity (Wildman–Crippen MR) is 90.7 cm³/mol. The molecule has 0 aliphatic carbocycles. The molecule has 1 N–H and O–H groups in total. The van der Waals surface area contributed by atoms with Gasteiger partial charge in [0.1, 0.15) is 11.1 Å². The van der Waals surface area contributed by atoms with Crippen molar-refractivity contribution in [2.45, 2.75) is 25.7 Å². The maximum absolute atomic E-state index is 12.2. The number of carbonyl (C=O) groups is 1. The molecule has 0 saturated carbocycles. The Morgan fingerprint density at radius 1 is 1.26 bits per heavy atom. The van der Waals surface area contributed by atoms with E-state index in [2.05, 4.69) is 4.90 Å². The van der Waals surface area contributed by atoms with Crippen LogP contribution in [0.2, 0.25) is 0 Å². The van der Waals surface area contributed by atoms with E-state index in [-0.39, 0.29) is 5.56 Å². The quantitative estimate of drug-likeness (QED) is 0.677. The van der Waals surface area contributed by atoms with Crippen LogP contribution in [0, 0.1) is 0 Å². The Morgan fingerprint density at radius 2 is 2.00 bits per heavy atom. The molecule has 1 atom stereocenters. The molecule has 1 unspecified atom stereocenters. The van der Waals surface area contributed by atoms with E-state index in [9.17, 15) is 14.5 Å². The van der Waals surface area contributed by atoms with E-state index in [4.69, 9.17) is 4.42 Å². The second-order valence-corrected chi connectivity index (χ2v) is 7.71. The Balaban J connectivity index is 1.99. The summed E-state index contributed by atoms with van der Waals surface area (Å²) in [5.41, 5.74) is 3.01. The van der Waals surface area contributed by atoms with Gasteiger partial charge in [-0.3, -0.25) is 4.79 Å². The number of rotatable bonds is 2. The first-order chi connectivity index (χ1) is 11.1. The molecule has 23 heavy (non-hydrogen) atoms. The summed E-state index contributed by atoms with van der Waals surface area (Å²) in [5.74, 6) is 0. The minimum atomic E-state index is -1.83. The molecule has 0 bridgehead atoms. The monoisotopic (exact) mass is 331 g/mol. The lowest BCUT2D eigenvalue weighted by Crippen LogP contribution is -2.34. The molecule has 5 nitrogen and oxygen atoms in total. The van der Waals surface area contributed by atoms with Gasteiger partial charge in [-0.05, 0) is 50.0 Å². The van der Waals surface area contributed by atoms with Crippen molar-refractivity contribution in [2.24, 2.45) is 0 Å². The summed E-state index contributed by atoms with van der Waals surface area (Å²) in [6.45, 7) is 3.53. The third kappa shape index (κ3) is 2.30. The molecule has 2 aromatic rings. The van der Waals surface area contributed by atoms with Crippen LogP contribution in [-0.4, -0.2) is 30.2 Å². The highest BCUT2D eigenvalue weighted by molar-refractivity contribution is 7.69. The topological polar surface area (TPSA) is 70.7 Å². The molecular weight excluding hydrogens is 313 g/mol. The second-order valence-electron chi connectivity index (χ2n) is 6.25. The Bertz CT molecular complexity index is 869. The van der Waals surface area contributed by atoms with Gasteiger partial charge in [0.15, 0.2) is 0 Å². The van der Waals surface area contributed by atoms with E-state index in [1.165, 1.54) is 17.9 Å². The largest absolute Gasteiger partial charge is 0.422 e. The Kier molecular flexibility index (Phi) is 3.51. The van der Waals surface area contributed by atoms with Gasteiger partial charge in [0.2, 0.25) is 5.52 Å². The minimum absolute atomic E-state index is 0.0377. The summed E-state index contributed by atoms with van der Waals surface area (Å²) in [6, 6.07) is 3.64. The number of carbonyl (C=O) groups excluding carboxylic acids is 1. The molecule has 4 rings (SSSR count). The fourth-order valence-electron chi connectivity index (χ4n) is 3.77. The fourth-order valence-corrected chi connectivity index (χ4v) is 4.27. The van der Waals surface area contributed by atoms with Crippen LogP contribution in [0.15, 0.2) is 21.3 Å². The van der Waals surface area contributed by atoms with Crippen LogP contribution in [-0.2, 0) is 12.8 Å². The molecule has 0 fully saturated rings. The maximum Gasteiger partial charge on any atom is 0.347 e. The molecule has 2 aliphatic heterocycles. The first-order valence-corrected chi connectivity index (χ1v) is 9.65. The van der Waals surface area contributed by atoms with Gasteiger partial charge >= 0.3 is 5.63 Å². The van der Waals surface area contributed by atoms with Crippen molar-refractivity contribution in [3.8, 4) is 0 Å². The lowest BCUT2D eigenvalue weighted by atomic mass is 9.90. The van der Waals surface area contributed by atoms with Crippen molar-refractivity contribution >= 4 is 30.3 Å². The molecule has 120 valence electrons. The third-order valence-electron chi connectivity index (χ3n) is 4.74. The second kappa shape index (κ2) is 5.43. The highest BCUT2D eigenvalue weighted by Crippen LogP contribution is 2.40. The van der Waals surface area contributed by atoms with E-state index in [0.29, 0.717) is 5.58 Å². The maximum atomic E-state index is 12.2. The summed E-state index contributed by atoms with van der Waals surface area (Å²) in [4.78, 5) is 36.2. The number of fused-ring (bicyclic) bond motifs is 2. The number of aryl methyl sites for hydroxylation is 2. The van der Waals surface area contributed by atoms with Crippen molar-refractivity contribution < 1.29 is 14.1 Å². The SMILES string of the molecule is CP(O)C(=O)c1cc2cc3c4c(c2oc1=O)CCCN4CCC3. The van der Waals surface area contributed by atoms with E-state index in [0.717, 1.165) is 49.7 Å². The van der Waals surface area contributed by atoms with E-state index < -0.39 is 19.3 Å². The molecule has 3 heterocycles. The summed E-state index contributed by atoms with van der Waals surface area (Å²) in [7, 11) is -1.83. The summed E-state index contributed by atoms with van der Waals surface area (Å²) in [6.07, 6.45) is 4.08. The normalized spacial score (nSPS) is 17.9.